The van der Waals surface area contributed by atoms with Crippen molar-refractivity contribution in [1.29, 1.82) is 0 Å². The van der Waals surface area contributed by atoms with E-state index < -0.39 is 10.0 Å². The maximum atomic E-state index is 12.7. The summed E-state index contributed by atoms with van der Waals surface area (Å²) in [6, 6.07) is 7.66. The van der Waals surface area contributed by atoms with E-state index in [1.54, 1.807) is 4.31 Å². The first-order valence-electron chi connectivity index (χ1n) is 7.31. The molecule has 0 radical (unpaired) electrons. The molecule has 0 saturated carbocycles. The summed E-state index contributed by atoms with van der Waals surface area (Å²) in [6.07, 6.45) is 2.06. The zero-order valence-electron chi connectivity index (χ0n) is 12.3. The van der Waals surface area contributed by atoms with Crippen LogP contribution in [0.3, 0.4) is 0 Å². The monoisotopic (exact) mass is 296 g/mol. The second kappa shape index (κ2) is 6.59. The summed E-state index contributed by atoms with van der Waals surface area (Å²) >= 11 is 0. The molecule has 1 fully saturated rings. The van der Waals surface area contributed by atoms with Crippen molar-refractivity contribution in [3.05, 3.63) is 29.8 Å². The summed E-state index contributed by atoms with van der Waals surface area (Å²) in [5, 5.41) is 3.28. The third-order valence-electron chi connectivity index (χ3n) is 3.85. The topological polar surface area (TPSA) is 49.4 Å². The smallest absolute Gasteiger partial charge is 0.235 e. The van der Waals surface area contributed by atoms with E-state index in [1.807, 2.05) is 38.1 Å². The van der Waals surface area contributed by atoms with E-state index in [-0.39, 0.29) is 11.7 Å². The van der Waals surface area contributed by atoms with Gasteiger partial charge in [0.15, 0.2) is 0 Å². The fourth-order valence-corrected chi connectivity index (χ4v) is 4.77. The second-order valence-electron chi connectivity index (χ2n) is 5.44. The first-order chi connectivity index (χ1) is 9.54. The predicted molar refractivity (Wildman–Crippen MR) is 83.6 cm³/mol. The lowest BCUT2D eigenvalue weighted by Crippen LogP contribution is -2.40. The summed E-state index contributed by atoms with van der Waals surface area (Å²) in [5.41, 5.74) is 1.80. The second-order valence-corrected chi connectivity index (χ2v) is 7.38. The molecule has 1 N–H and O–H groups in total. The molecule has 1 aromatic carbocycles. The van der Waals surface area contributed by atoms with E-state index in [1.165, 1.54) is 0 Å². The fourth-order valence-electron chi connectivity index (χ4n) is 2.81. The van der Waals surface area contributed by atoms with Gasteiger partial charge in [-0.3, -0.25) is 4.31 Å². The van der Waals surface area contributed by atoms with Crippen molar-refractivity contribution in [2.75, 3.05) is 29.7 Å². The lowest BCUT2D eigenvalue weighted by molar-refractivity contribution is 0.403. The van der Waals surface area contributed by atoms with E-state index in [0.717, 1.165) is 37.2 Å². The molecule has 1 heterocycles. The summed E-state index contributed by atoms with van der Waals surface area (Å²) in [4.78, 5) is 0. The number of piperidine rings is 1. The molecule has 2 rings (SSSR count). The fraction of sp³-hybridized carbons (Fsp3) is 0.600. The van der Waals surface area contributed by atoms with Crippen molar-refractivity contribution in [3.8, 4) is 0 Å². The normalized spacial score (nSPS) is 19.8. The van der Waals surface area contributed by atoms with Crippen LogP contribution in [0.1, 0.15) is 25.3 Å². The Labute approximate surface area is 122 Å². The van der Waals surface area contributed by atoms with Gasteiger partial charge in [-0.15, -0.1) is 0 Å². The van der Waals surface area contributed by atoms with Crippen molar-refractivity contribution >= 4 is 15.7 Å². The van der Waals surface area contributed by atoms with Gasteiger partial charge in [-0.2, -0.15) is 0 Å². The first-order valence-corrected chi connectivity index (χ1v) is 8.92. The predicted octanol–water partition coefficient (Wildman–Crippen LogP) is 2.15. The number of sulfonamides is 1. The molecule has 4 nitrogen and oxygen atoms in total. The van der Waals surface area contributed by atoms with Crippen molar-refractivity contribution < 1.29 is 8.42 Å². The number of nitrogens with zero attached hydrogens (tertiary/aromatic N) is 1. The Kier molecular flexibility index (Phi) is 5.05. The van der Waals surface area contributed by atoms with Crippen molar-refractivity contribution in [3.63, 3.8) is 0 Å². The van der Waals surface area contributed by atoms with E-state index in [4.69, 9.17) is 0 Å². The van der Waals surface area contributed by atoms with E-state index >= 15 is 0 Å². The van der Waals surface area contributed by atoms with Crippen LogP contribution < -0.4 is 9.62 Å². The van der Waals surface area contributed by atoms with Crippen LogP contribution in [-0.2, 0) is 10.0 Å². The van der Waals surface area contributed by atoms with Gasteiger partial charge in [-0.1, -0.05) is 18.2 Å². The van der Waals surface area contributed by atoms with Crippen LogP contribution in [0.15, 0.2) is 24.3 Å². The van der Waals surface area contributed by atoms with Gasteiger partial charge in [0.25, 0.3) is 0 Å². The molecule has 5 heteroatoms. The largest absolute Gasteiger partial charge is 0.316 e. The van der Waals surface area contributed by atoms with Crippen LogP contribution in [0.5, 0.6) is 0 Å². The van der Waals surface area contributed by atoms with Gasteiger partial charge in [0, 0.05) is 6.54 Å². The maximum absolute atomic E-state index is 12.7. The standard InChI is InChI=1S/C15H24N2O2S/c1-3-17(15-9-5-4-7-13(15)2)20(18,19)12-14-8-6-10-16-11-14/h4-5,7,9,14,16H,3,6,8,10-12H2,1-2H3. The Balaban J connectivity index is 2.19. The maximum Gasteiger partial charge on any atom is 0.235 e. The van der Waals surface area contributed by atoms with Gasteiger partial charge in [0.2, 0.25) is 10.0 Å². The van der Waals surface area contributed by atoms with Crippen LogP contribution in [-0.4, -0.2) is 33.8 Å². The molecular formula is C15H24N2O2S. The van der Waals surface area contributed by atoms with Crippen LogP contribution in [0, 0.1) is 12.8 Å². The zero-order valence-corrected chi connectivity index (χ0v) is 13.1. The third-order valence-corrected chi connectivity index (χ3v) is 5.87. The summed E-state index contributed by atoms with van der Waals surface area (Å²) < 4.78 is 26.9. The van der Waals surface area contributed by atoms with Crippen molar-refractivity contribution in [2.45, 2.75) is 26.7 Å². The molecule has 1 aliphatic rings. The Morgan fingerprint density at radius 2 is 2.10 bits per heavy atom. The molecule has 1 aromatic rings. The minimum absolute atomic E-state index is 0.229. The SMILES string of the molecule is CCN(c1ccccc1C)S(=O)(=O)CC1CCCNC1. The molecule has 1 atom stereocenters. The molecule has 1 unspecified atom stereocenters. The molecule has 0 aromatic heterocycles. The number of nitrogens with one attached hydrogen (secondary N) is 1. The van der Waals surface area contributed by atoms with Crippen LogP contribution in [0.4, 0.5) is 5.69 Å². The molecule has 112 valence electrons. The number of hydrogen-bond donors (Lipinski definition) is 1. The average molecular weight is 296 g/mol. The molecule has 0 spiro atoms. The van der Waals surface area contributed by atoms with Crippen molar-refractivity contribution in [2.24, 2.45) is 5.92 Å². The highest BCUT2D eigenvalue weighted by Crippen LogP contribution is 2.24. The molecule has 20 heavy (non-hydrogen) atoms. The highest BCUT2D eigenvalue weighted by Gasteiger charge is 2.27. The highest BCUT2D eigenvalue weighted by atomic mass is 32.2. The number of hydrogen-bond acceptors (Lipinski definition) is 3. The average Bonchev–Trinajstić information content (AvgIpc) is 2.42. The lowest BCUT2D eigenvalue weighted by atomic mass is 10.0. The lowest BCUT2D eigenvalue weighted by Gasteiger charge is -2.28. The molecule has 0 aliphatic carbocycles. The Morgan fingerprint density at radius 1 is 1.35 bits per heavy atom. The Hall–Kier alpha value is -1.07. The highest BCUT2D eigenvalue weighted by molar-refractivity contribution is 7.92. The molecule has 0 bridgehead atoms. The summed E-state index contributed by atoms with van der Waals surface area (Å²) in [7, 11) is -3.25. The van der Waals surface area contributed by atoms with Gasteiger partial charge in [0.05, 0.1) is 11.4 Å². The Morgan fingerprint density at radius 3 is 2.70 bits per heavy atom. The summed E-state index contributed by atoms with van der Waals surface area (Å²) in [5.74, 6) is 0.467. The van der Waals surface area contributed by atoms with Gasteiger partial charge in [-0.25, -0.2) is 8.42 Å². The number of rotatable bonds is 5. The van der Waals surface area contributed by atoms with E-state index in [2.05, 4.69) is 5.32 Å². The van der Waals surface area contributed by atoms with Gasteiger partial charge >= 0.3 is 0 Å². The van der Waals surface area contributed by atoms with Crippen LogP contribution >= 0.6 is 0 Å². The van der Waals surface area contributed by atoms with Crippen molar-refractivity contribution in [1.82, 2.24) is 5.32 Å². The number of aryl methyl sites for hydroxylation is 1. The molecular weight excluding hydrogens is 272 g/mol. The molecule has 0 amide bonds. The minimum atomic E-state index is -3.25. The summed E-state index contributed by atoms with van der Waals surface area (Å²) in [6.45, 7) is 6.14. The van der Waals surface area contributed by atoms with E-state index in [0.29, 0.717) is 6.54 Å². The van der Waals surface area contributed by atoms with Gasteiger partial charge in [-0.05, 0) is 57.3 Å². The van der Waals surface area contributed by atoms with Crippen LogP contribution in [0.25, 0.3) is 0 Å². The van der Waals surface area contributed by atoms with Crippen LogP contribution in [0.2, 0.25) is 0 Å². The van der Waals surface area contributed by atoms with Gasteiger partial charge in [0.1, 0.15) is 0 Å². The third kappa shape index (κ3) is 3.52. The first kappa shape index (κ1) is 15.3. The zero-order chi connectivity index (χ0) is 14.6. The Bertz CT molecular complexity index is 537. The number of anilines is 1. The number of para-hydroxylation sites is 1. The quantitative estimate of drug-likeness (QED) is 0.906. The van der Waals surface area contributed by atoms with E-state index in [9.17, 15) is 8.42 Å². The van der Waals surface area contributed by atoms with Gasteiger partial charge < -0.3 is 5.32 Å². The number of benzene rings is 1. The minimum Gasteiger partial charge on any atom is -0.316 e. The molecule has 1 saturated heterocycles. The molecule has 1 aliphatic heterocycles.